The van der Waals surface area contributed by atoms with E-state index in [1.54, 1.807) is 12.1 Å². The van der Waals surface area contributed by atoms with Crippen molar-refractivity contribution in [2.24, 2.45) is 0 Å². The molecule has 0 atom stereocenters. The fourth-order valence-electron chi connectivity index (χ4n) is 2.81. The zero-order valence-electron chi connectivity index (χ0n) is 13.8. The van der Waals surface area contributed by atoms with E-state index in [2.05, 4.69) is 5.32 Å². The van der Waals surface area contributed by atoms with Gasteiger partial charge in [0.15, 0.2) is 5.43 Å². The third kappa shape index (κ3) is 3.40. The van der Waals surface area contributed by atoms with Crippen LogP contribution in [0.2, 0.25) is 0 Å². The maximum atomic E-state index is 12.2. The lowest BCUT2D eigenvalue weighted by molar-refractivity contribution is -0.121. The minimum absolute atomic E-state index is 0.0204. The minimum Gasteiger partial charge on any atom is -0.466 e. The average Bonchev–Trinajstić information content (AvgIpc) is 2.97. The zero-order chi connectivity index (χ0) is 17.1. The Kier molecular flexibility index (Phi) is 4.51. The van der Waals surface area contributed by atoms with Crippen LogP contribution in [-0.2, 0) is 17.8 Å². The number of carbonyl (C=O) groups excluding carboxylic acids is 1. The van der Waals surface area contributed by atoms with E-state index in [1.807, 2.05) is 48.7 Å². The molecule has 3 rings (SSSR count). The molecule has 0 spiro atoms. The predicted octanol–water partition coefficient (Wildman–Crippen LogP) is 2.57. The van der Waals surface area contributed by atoms with Gasteiger partial charge in [-0.15, -0.1) is 0 Å². The average molecular weight is 324 g/mol. The molecule has 5 nitrogen and oxygen atoms in total. The molecule has 0 fully saturated rings. The molecule has 3 aromatic rings. The van der Waals surface area contributed by atoms with Crippen LogP contribution < -0.4 is 10.7 Å². The molecule has 0 unspecified atom stereocenters. The van der Waals surface area contributed by atoms with Gasteiger partial charge in [0.05, 0.1) is 5.52 Å². The van der Waals surface area contributed by atoms with E-state index in [4.69, 9.17) is 4.42 Å². The molecule has 5 heteroatoms. The highest BCUT2D eigenvalue weighted by Crippen LogP contribution is 2.12. The van der Waals surface area contributed by atoms with Crippen LogP contribution in [0.4, 0.5) is 0 Å². The van der Waals surface area contributed by atoms with Crippen LogP contribution in [0.1, 0.15) is 17.2 Å². The summed E-state index contributed by atoms with van der Waals surface area (Å²) in [5, 5.41) is 3.52. The molecule has 0 aliphatic rings. The van der Waals surface area contributed by atoms with E-state index in [0.29, 0.717) is 18.4 Å². The maximum absolute atomic E-state index is 12.2. The van der Waals surface area contributed by atoms with E-state index < -0.39 is 0 Å². The number of nitrogens with one attached hydrogen (secondary N) is 1. The van der Waals surface area contributed by atoms with E-state index in [1.165, 1.54) is 0 Å². The van der Waals surface area contributed by atoms with Gasteiger partial charge in [-0.1, -0.05) is 12.1 Å². The molecular weight excluding hydrogens is 304 g/mol. The number of furan rings is 1. The van der Waals surface area contributed by atoms with Crippen molar-refractivity contribution in [1.82, 2.24) is 9.88 Å². The summed E-state index contributed by atoms with van der Waals surface area (Å²) in [7, 11) is 0. The lowest BCUT2D eigenvalue weighted by atomic mass is 10.2. The first-order valence-electron chi connectivity index (χ1n) is 7.96. The number of rotatable bonds is 5. The molecular formula is C19H20N2O3. The van der Waals surface area contributed by atoms with Crippen molar-refractivity contribution in [2.75, 3.05) is 6.54 Å². The van der Waals surface area contributed by atoms with Gasteiger partial charge < -0.3 is 14.3 Å². The smallest absolute Gasteiger partial charge is 0.239 e. The van der Waals surface area contributed by atoms with Gasteiger partial charge in [0.1, 0.15) is 18.1 Å². The number of aromatic nitrogens is 1. The fourth-order valence-corrected chi connectivity index (χ4v) is 2.81. The second-order valence-electron chi connectivity index (χ2n) is 5.87. The van der Waals surface area contributed by atoms with Crippen LogP contribution in [0, 0.1) is 13.8 Å². The van der Waals surface area contributed by atoms with E-state index in [0.717, 1.165) is 22.7 Å². The van der Waals surface area contributed by atoms with Gasteiger partial charge >= 0.3 is 0 Å². The second kappa shape index (κ2) is 6.74. The quantitative estimate of drug-likeness (QED) is 0.784. The zero-order valence-corrected chi connectivity index (χ0v) is 13.8. The van der Waals surface area contributed by atoms with Crippen LogP contribution in [0.5, 0.6) is 0 Å². The molecule has 0 saturated heterocycles. The Morgan fingerprint density at radius 2 is 1.96 bits per heavy atom. The Morgan fingerprint density at radius 1 is 1.17 bits per heavy atom. The normalized spacial score (nSPS) is 10.9. The topological polar surface area (TPSA) is 64.2 Å². The van der Waals surface area contributed by atoms with Crippen molar-refractivity contribution in [3.63, 3.8) is 0 Å². The highest BCUT2D eigenvalue weighted by Gasteiger charge is 2.10. The summed E-state index contributed by atoms with van der Waals surface area (Å²) >= 11 is 0. The number of benzene rings is 1. The number of carbonyl (C=O) groups is 1. The molecule has 0 radical (unpaired) electrons. The molecule has 2 heterocycles. The van der Waals surface area contributed by atoms with Crippen LogP contribution in [0.3, 0.4) is 0 Å². The van der Waals surface area contributed by atoms with E-state index >= 15 is 0 Å². The van der Waals surface area contributed by atoms with Crippen molar-refractivity contribution >= 4 is 16.8 Å². The molecule has 2 aromatic heterocycles. The largest absolute Gasteiger partial charge is 0.466 e. The van der Waals surface area contributed by atoms with E-state index in [-0.39, 0.29) is 17.9 Å². The fraction of sp³-hybridized carbons (Fsp3) is 0.263. The summed E-state index contributed by atoms with van der Waals surface area (Å²) in [4.78, 5) is 24.3. The monoisotopic (exact) mass is 324 g/mol. The maximum Gasteiger partial charge on any atom is 0.239 e. The lowest BCUT2D eigenvalue weighted by Gasteiger charge is -2.14. The number of hydrogen-bond acceptors (Lipinski definition) is 3. The van der Waals surface area contributed by atoms with Crippen molar-refractivity contribution in [2.45, 2.75) is 26.8 Å². The van der Waals surface area contributed by atoms with Crippen molar-refractivity contribution < 1.29 is 9.21 Å². The Bertz CT molecular complexity index is 937. The number of fused-ring (bicyclic) bond motifs is 1. The van der Waals surface area contributed by atoms with Crippen molar-refractivity contribution in [1.29, 1.82) is 0 Å². The second-order valence-corrected chi connectivity index (χ2v) is 5.87. The first-order chi connectivity index (χ1) is 11.5. The van der Waals surface area contributed by atoms with Gasteiger partial charge in [-0.25, -0.2) is 0 Å². The molecule has 124 valence electrons. The van der Waals surface area contributed by atoms with Crippen molar-refractivity contribution in [3.05, 3.63) is 69.9 Å². The standard InChI is InChI=1S/C19H20N2O3/c1-13-11-18(22)16-5-3-4-6-17(16)21(13)12-19(23)20-10-9-15-8-7-14(2)24-15/h3-8,11H,9-10,12H2,1-2H3,(H,20,23). The molecule has 1 amide bonds. The Morgan fingerprint density at radius 3 is 2.71 bits per heavy atom. The highest BCUT2D eigenvalue weighted by molar-refractivity contribution is 5.82. The van der Waals surface area contributed by atoms with Crippen LogP contribution in [-0.4, -0.2) is 17.0 Å². The van der Waals surface area contributed by atoms with Gasteiger partial charge in [0.25, 0.3) is 0 Å². The summed E-state index contributed by atoms with van der Waals surface area (Å²) in [6.45, 7) is 4.44. The minimum atomic E-state index is -0.0878. The number of aryl methyl sites for hydroxylation is 2. The Hall–Kier alpha value is -2.82. The van der Waals surface area contributed by atoms with Gasteiger partial charge in [0.2, 0.25) is 5.91 Å². The molecule has 0 bridgehead atoms. The number of hydrogen-bond donors (Lipinski definition) is 1. The third-order valence-electron chi connectivity index (χ3n) is 4.02. The number of para-hydroxylation sites is 1. The molecule has 24 heavy (non-hydrogen) atoms. The van der Waals surface area contributed by atoms with Crippen LogP contribution in [0.25, 0.3) is 10.9 Å². The van der Waals surface area contributed by atoms with Gasteiger partial charge in [-0.2, -0.15) is 0 Å². The van der Waals surface area contributed by atoms with Crippen LogP contribution >= 0.6 is 0 Å². The van der Waals surface area contributed by atoms with E-state index in [9.17, 15) is 9.59 Å². The van der Waals surface area contributed by atoms with Gasteiger partial charge in [0, 0.05) is 30.1 Å². The van der Waals surface area contributed by atoms with Crippen molar-refractivity contribution in [3.8, 4) is 0 Å². The Balaban J connectivity index is 1.70. The number of pyridine rings is 1. The summed E-state index contributed by atoms with van der Waals surface area (Å²) in [5.41, 5.74) is 1.53. The SMILES string of the molecule is Cc1ccc(CCNC(=O)Cn2c(C)cc(=O)c3ccccc32)o1. The predicted molar refractivity (Wildman–Crippen MR) is 93.1 cm³/mol. The Labute approximate surface area is 139 Å². The first kappa shape index (κ1) is 16.1. The van der Waals surface area contributed by atoms with Crippen LogP contribution in [0.15, 0.2) is 51.7 Å². The number of nitrogens with zero attached hydrogens (tertiary/aromatic N) is 1. The molecule has 0 saturated carbocycles. The molecule has 0 aliphatic carbocycles. The summed E-state index contributed by atoms with van der Waals surface area (Å²) < 4.78 is 7.35. The van der Waals surface area contributed by atoms with Gasteiger partial charge in [-0.3, -0.25) is 9.59 Å². The summed E-state index contributed by atoms with van der Waals surface area (Å²) in [6.07, 6.45) is 0.656. The lowest BCUT2D eigenvalue weighted by Crippen LogP contribution is -2.30. The number of amides is 1. The highest BCUT2D eigenvalue weighted by atomic mass is 16.3. The first-order valence-corrected chi connectivity index (χ1v) is 7.96. The molecule has 0 aliphatic heterocycles. The third-order valence-corrected chi connectivity index (χ3v) is 4.02. The molecule has 1 aromatic carbocycles. The summed E-state index contributed by atoms with van der Waals surface area (Å²) in [6, 6.07) is 12.7. The van der Waals surface area contributed by atoms with Gasteiger partial charge in [-0.05, 0) is 38.1 Å². The summed E-state index contributed by atoms with van der Waals surface area (Å²) in [5.74, 6) is 1.64. The molecule has 1 N–H and O–H groups in total.